The zero-order valence-electron chi connectivity index (χ0n) is 20.0. The lowest BCUT2D eigenvalue weighted by atomic mass is 9.96. The fourth-order valence-corrected chi connectivity index (χ4v) is 4.67. The number of hydrogen-bond acceptors (Lipinski definition) is 6. The third-order valence-electron chi connectivity index (χ3n) is 6.73. The summed E-state index contributed by atoms with van der Waals surface area (Å²) in [6, 6.07) is 6.91. The molecule has 6 rings (SSSR count). The van der Waals surface area contributed by atoms with Crippen molar-refractivity contribution < 1.29 is 18.0 Å². The molecule has 194 valence electrons. The minimum atomic E-state index is -0.933. The number of aromatic nitrogens is 5. The van der Waals surface area contributed by atoms with E-state index < -0.39 is 23.7 Å². The number of hydrogen-bond donors (Lipinski definition) is 4. The van der Waals surface area contributed by atoms with Crippen molar-refractivity contribution in [2.75, 3.05) is 30.3 Å². The largest absolute Gasteiger partial charge is 0.370 e. The molecule has 5 aromatic rings. The van der Waals surface area contributed by atoms with E-state index in [1.54, 1.807) is 24.5 Å². The average Bonchev–Trinajstić information content (AvgIpc) is 3.52. The molecule has 0 bridgehead atoms. The molecule has 1 aromatic carbocycles. The summed E-state index contributed by atoms with van der Waals surface area (Å²) in [6.45, 7) is 1.53. The van der Waals surface area contributed by atoms with Crippen molar-refractivity contribution >= 4 is 34.1 Å². The van der Waals surface area contributed by atoms with E-state index in [4.69, 9.17) is 0 Å². The fourth-order valence-electron chi connectivity index (χ4n) is 4.67. The number of H-pyrrole nitrogens is 1. The summed E-state index contributed by atoms with van der Waals surface area (Å²) in [7, 11) is 0. The molecular weight excluding hydrogens is 497 g/mol. The number of piperidine rings is 1. The van der Waals surface area contributed by atoms with Gasteiger partial charge in [-0.25, -0.2) is 27.7 Å². The molecule has 1 aliphatic heterocycles. The Balaban J connectivity index is 1.25. The van der Waals surface area contributed by atoms with Crippen LogP contribution in [0.3, 0.4) is 0 Å². The maximum atomic E-state index is 14.3. The number of nitrogens with zero attached hydrogens (tertiary/aromatic N) is 4. The number of alkyl halides is 1. The van der Waals surface area contributed by atoms with E-state index in [9.17, 15) is 18.0 Å². The number of nitrogens with one attached hydrogen (secondary N) is 4. The third kappa shape index (κ3) is 4.43. The number of amides is 1. The van der Waals surface area contributed by atoms with Crippen LogP contribution in [0.1, 0.15) is 16.8 Å². The average molecular weight is 521 g/mol. The Labute approximate surface area is 214 Å². The zero-order chi connectivity index (χ0) is 26.2. The van der Waals surface area contributed by atoms with E-state index in [1.165, 1.54) is 35.1 Å². The first-order chi connectivity index (χ1) is 18.5. The van der Waals surface area contributed by atoms with E-state index in [-0.39, 0.29) is 22.6 Å². The predicted molar refractivity (Wildman–Crippen MR) is 137 cm³/mol. The summed E-state index contributed by atoms with van der Waals surface area (Å²) in [5.74, 6) is -1.52. The molecule has 9 nitrogen and oxygen atoms in total. The molecule has 2 atom stereocenters. The highest BCUT2D eigenvalue weighted by Gasteiger charge is 2.24. The van der Waals surface area contributed by atoms with Crippen LogP contribution in [0.5, 0.6) is 0 Å². The van der Waals surface area contributed by atoms with Crippen LogP contribution in [0, 0.1) is 17.6 Å². The number of carbonyl (C=O) groups is 1. The lowest BCUT2D eigenvalue weighted by molar-refractivity contribution is 0.102. The van der Waals surface area contributed by atoms with Gasteiger partial charge in [0.2, 0.25) is 0 Å². The lowest BCUT2D eigenvalue weighted by Crippen LogP contribution is -2.40. The Morgan fingerprint density at radius 1 is 1.18 bits per heavy atom. The molecular formula is C26H23F3N8O. The second kappa shape index (κ2) is 9.78. The first-order valence-corrected chi connectivity index (χ1v) is 12.1. The molecule has 0 unspecified atom stereocenters. The van der Waals surface area contributed by atoms with Crippen LogP contribution in [0.2, 0.25) is 0 Å². The van der Waals surface area contributed by atoms with Crippen LogP contribution in [0.4, 0.5) is 24.7 Å². The number of carbonyl (C=O) groups excluding carboxylic acids is 1. The van der Waals surface area contributed by atoms with Gasteiger partial charge in [0.05, 0.1) is 17.4 Å². The summed E-state index contributed by atoms with van der Waals surface area (Å²) in [5, 5.41) is 13.7. The van der Waals surface area contributed by atoms with Crippen molar-refractivity contribution in [3.8, 4) is 11.1 Å². The first-order valence-electron chi connectivity index (χ1n) is 12.1. The molecule has 4 N–H and O–H groups in total. The van der Waals surface area contributed by atoms with Gasteiger partial charge >= 0.3 is 0 Å². The van der Waals surface area contributed by atoms with Crippen molar-refractivity contribution in [2.45, 2.75) is 12.6 Å². The molecule has 1 aliphatic rings. The third-order valence-corrected chi connectivity index (χ3v) is 6.73. The van der Waals surface area contributed by atoms with E-state index in [0.717, 1.165) is 13.0 Å². The fraction of sp³-hybridized carbons (Fsp3) is 0.231. The van der Waals surface area contributed by atoms with Crippen LogP contribution in [-0.4, -0.2) is 56.3 Å². The zero-order valence-corrected chi connectivity index (χ0v) is 20.0. The molecule has 1 amide bonds. The normalized spacial score (nSPS) is 17.7. The second-order valence-electron chi connectivity index (χ2n) is 9.16. The molecule has 1 fully saturated rings. The van der Waals surface area contributed by atoms with Gasteiger partial charge in [-0.05, 0) is 37.2 Å². The first kappa shape index (κ1) is 23.9. The number of aromatic amines is 1. The van der Waals surface area contributed by atoms with Crippen molar-refractivity contribution in [2.24, 2.45) is 5.92 Å². The van der Waals surface area contributed by atoms with Gasteiger partial charge < -0.3 is 20.9 Å². The molecule has 0 saturated carbocycles. The highest BCUT2D eigenvalue weighted by molar-refractivity contribution is 6.11. The second-order valence-corrected chi connectivity index (χ2v) is 9.16. The molecule has 38 heavy (non-hydrogen) atoms. The van der Waals surface area contributed by atoms with Crippen molar-refractivity contribution in [3.05, 3.63) is 72.3 Å². The van der Waals surface area contributed by atoms with Crippen LogP contribution in [0.25, 0.3) is 27.8 Å². The van der Waals surface area contributed by atoms with Crippen LogP contribution in [0.15, 0.2) is 55.1 Å². The number of fused-ring (bicyclic) bond motifs is 2. The van der Waals surface area contributed by atoms with Gasteiger partial charge in [0.15, 0.2) is 5.65 Å². The summed E-state index contributed by atoms with van der Waals surface area (Å²) in [4.78, 5) is 24.9. The maximum absolute atomic E-state index is 14.3. The SMILES string of the molecule is O=C(Nc1c[nH]c2ncc(-c3c(F)cccc3F)cc12)c1cnn2ccc(NC[C@H]3CCNC[C@@H]3F)nc12. The topological polar surface area (TPSA) is 112 Å². The van der Waals surface area contributed by atoms with Gasteiger partial charge in [-0.3, -0.25) is 4.79 Å². The van der Waals surface area contributed by atoms with Crippen LogP contribution < -0.4 is 16.0 Å². The van der Waals surface area contributed by atoms with Crippen LogP contribution >= 0.6 is 0 Å². The Hall–Kier alpha value is -4.45. The van der Waals surface area contributed by atoms with E-state index >= 15 is 0 Å². The van der Waals surface area contributed by atoms with Crippen LogP contribution in [-0.2, 0) is 0 Å². The Morgan fingerprint density at radius 2 is 2.03 bits per heavy atom. The molecule has 0 aliphatic carbocycles. The molecule has 1 saturated heterocycles. The van der Waals surface area contributed by atoms with Gasteiger partial charge in [0, 0.05) is 48.5 Å². The monoisotopic (exact) mass is 520 g/mol. The maximum Gasteiger partial charge on any atom is 0.261 e. The van der Waals surface area contributed by atoms with Crippen molar-refractivity contribution in [3.63, 3.8) is 0 Å². The Bertz CT molecular complexity index is 1630. The molecule has 5 heterocycles. The van der Waals surface area contributed by atoms with E-state index in [1.807, 2.05) is 0 Å². The molecule has 0 radical (unpaired) electrons. The van der Waals surface area contributed by atoms with Gasteiger partial charge in [0.25, 0.3) is 5.91 Å². The number of anilines is 2. The molecule has 12 heteroatoms. The smallest absolute Gasteiger partial charge is 0.261 e. The van der Waals surface area contributed by atoms with Crippen molar-refractivity contribution in [1.82, 2.24) is 29.9 Å². The number of rotatable bonds is 6. The highest BCUT2D eigenvalue weighted by atomic mass is 19.1. The summed E-state index contributed by atoms with van der Waals surface area (Å²) in [5.41, 5.74) is 1.40. The van der Waals surface area contributed by atoms with E-state index in [0.29, 0.717) is 41.3 Å². The van der Waals surface area contributed by atoms with Gasteiger partial charge in [-0.15, -0.1) is 0 Å². The number of halogens is 3. The standard InChI is InChI=1S/C26H23F3N8O/c27-18-2-1-3-19(28)23(18)15-8-16-21(13-33-24(16)32-10-15)35-26(38)17-11-34-37-7-5-22(36-25(17)37)31-9-14-4-6-30-12-20(14)29/h1-3,5,7-8,10-11,13-14,20,30H,4,6,9,12H2,(H,31,36)(H,32,33)(H,35,38)/t14-,20+/m1/s1. The molecule has 4 aromatic heterocycles. The minimum Gasteiger partial charge on any atom is -0.370 e. The quantitative estimate of drug-likeness (QED) is 0.268. The summed E-state index contributed by atoms with van der Waals surface area (Å²) < 4.78 is 44.3. The number of pyridine rings is 1. The van der Waals surface area contributed by atoms with Gasteiger partial charge in [0.1, 0.15) is 34.8 Å². The molecule has 0 spiro atoms. The van der Waals surface area contributed by atoms with Gasteiger partial charge in [-0.1, -0.05) is 6.07 Å². The summed E-state index contributed by atoms with van der Waals surface area (Å²) >= 11 is 0. The van der Waals surface area contributed by atoms with Crippen molar-refractivity contribution in [1.29, 1.82) is 0 Å². The number of benzene rings is 1. The summed E-state index contributed by atoms with van der Waals surface area (Å²) in [6.07, 6.45) is 5.78. The highest BCUT2D eigenvalue weighted by Crippen LogP contribution is 2.31. The lowest BCUT2D eigenvalue weighted by Gasteiger charge is -2.26. The predicted octanol–water partition coefficient (Wildman–Crippen LogP) is 4.16. The Morgan fingerprint density at radius 3 is 2.84 bits per heavy atom. The minimum absolute atomic E-state index is 0.125. The Kier molecular flexibility index (Phi) is 6.16. The van der Waals surface area contributed by atoms with E-state index in [2.05, 4.69) is 36.0 Å². The van der Waals surface area contributed by atoms with Gasteiger partial charge in [-0.2, -0.15) is 5.10 Å².